The van der Waals surface area contributed by atoms with Crippen LogP contribution < -0.4 is 11.1 Å². The summed E-state index contributed by atoms with van der Waals surface area (Å²) in [5.41, 5.74) is 7.27. The summed E-state index contributed by atoms with van der Waals surface area (Å²) in [6.45, 7) is 7.32. The Morgan fingerprint density at radius 1 is 1.19 bits per heavy atom. The van der Waals surface area contributed by atoms with E-state index in [1.165, 1.54) is 37.9 Å². The number of thioether (sulfide) groups is 1. The third-order valence-electron chi connectivity index (χ3n) is 5.69. The van der Waals surface area contributed by atoms with Gasteiger partial charge in [0.1, 0.15) is 16.9 Å². The molecule has 0 unspecified atom stereocenters. The molecule has 1 aliphatic rings. The third kappa shape index (κ3) is 5.01. The molecule has 3 N–H and O–H groups in total. The highest BCUT2D eigenvalue weighted by Crippen LogP contribution is 2.34. The number of aryl methyl sites for hydroxylation is 2. The molecular weight excluding hydrogens is 432 g/mol. The standard InChI is InChI=1S/C22H30N4O5S/c1-5-30-21(29)17-14(4)31-20(18(17)19(23)28)25-16(27)11-32-22-24-12(2)13(3)26(22)15-9-7-6-8-10-15/h15H,5-11H2,1-4H3,(H2,23,28)(H,25,27). The molecule has 0 aliphatic heterocycles. The van der Waals surface area contributed by atoms with E-state index >= 15 is 0 Å². The Kier molecular flexibility index (Phi) is 7.65. The van der Waals surface area contributed by atoms with Gasteiger partial charge < -0.3 is 19.5 Å². The summed E-state index contributed by atoms with van der Waals surface area (Å²) in [7, 11) is 0. The molecule has 9 nitrogen and oxygen atoms in total. The maximum atomic E-state index is 12.7. The van der Waals surface area contributed by atoms with Crippen LogP contribution in [0.15, 0.2) is 9.57 Å². The van der Waals surface area contributed by atoms with Crippen LogP contribution in [0, 0.1) is 20.8 Å². The average Bonchev–Trinajstić information content (AvgIpc) is 3.23. The Hall–Kier alpha value is -2.75. The van der Waals surface area contributed by atoms with Gasteiger partial charge >= 0.3 is 5.97 Å². The van der Waals surface area contributed by atoms with E-state index in [1.807, 2.05) is 6.92 Å². The van der Waals surface area contributed by atoms with Crippen molar-refractivity contribution in [1.29, 1.82) is 0 Å². The quantitative estimate of drug-likeness (QED) is 0.449. The molecule has 2 heterocycles. The van der Waals surface area contributed by atoms with Gasteiger partial charge in [0.25, 0.3) is 5.91 Å². The molecule has 32 heavy (non-hydrogen) atoms. The van der Waals surface area contributed by atoms with E-state index in [9.17, 15) is 14.4 Å². The van der Waals surface area contributed by atoms with Gasteiger partial charge in [-0.05, 0) is 40.5 Å². The Morgan fingerprint density at radius 3 is 2.50 bits per heavy atom. The van der Waals surface area contributed by atoms with Crippen LogP contribution in [0.3, 0.4) is 0 Å². The number of aromatic nitrogens is 2. The van der Waals surface area contributed by atoms with Crippen molar-refractivity contribution in [3.05, 3.63) is 28.3 Å². The van der Waals surface area contributed by atoms with Crippen molar-refractivity contribution in [2.24, 2.45) is 5.73 Å². The number of hydrogen-bond acceptors (Lipinski definition) is 7. The van der Waals surface area contributed by atoms with Gasteiger partial charge in [0, 0.05) is 11.7 Å². The molecule has 0 spiro atoms. The number of carbonyl (C=O) groups excluding carboxylic acids is 3. The molecule has 1 fully saturated rings. The molecule has 174 valence electrons. The highest BCUT2D eigenvalue weighted by molar-refractivity contribution is 7.99. The van der Waals surface area contributed by atoms with E-state index in [1.54, 1.807) is 6.92 Å². The summed E-state index contributed by atoms with van der Waals surface area (Å²) in [6, 6.07) is 0.400. The predicted octanol–water partition coefficient (Wildman–Crippen LogP) is 3.91. The van der Waals surface area contributed by atoms with E-state index in [-0.39, 0.29) is 35.1 Å². The first-order chi connectivity index (χ1) is 15.2. The molecule has 2 aromatic rings. The molecule has 3 rings (SSSR count). The number of nitrogens with one attached hydrogen (secondary N) is 1. The Bertz CT molecular complexity index is 1020. The minimum absolute atomic E-state index is 0.0648. The fourth-order valence-corrected chi connectivity index (χ4v) is 5.04. The van der Waals surface area contributed by atoms with Crippen LogP contribution >= 0.6 is 11.8 Å². The predicted molar refractivity (Wildman–Crippen MR) is 121 cm³/mol. The topological polar surface area (TPSA) is 129 Å². The summed E-state index contributed by atoms with van der Waals surface area (Å²) in [6.07, 6.45) is 5.87. The van der Waals surface area contributed by atoms with Crippen molar-refractivity contribution in [1.82, 2.24) is 9.55 Å². The lowest BCUT2D eigenvalue weighted by Crippen LogP contribution is -2.21. The summed E-state index contributed by atoms with van der Waals surface area (Å²) in [5.74, 6) is -1.93. The SMILES string of the molecule is CCOC(=O)c1c(C)oc(NC(=O)CSc2nc(C)c(C)n2C2CCCCC2)c1C(N)=O. The van der Waals surface area contributed by atoms with Crippen molar-refractivity contribution in [3.63, 3.8) is 0 Å². The van der Waals surface area contributed by atoms with Crippen molar-refractivity contribution in [3.8, 4) is 0 Å². The largest absolute Gasteiger partial charge is 0.462 e. The summed E-state index contributed by atoms with van der Waals surface area (Å²) in [5, 5.41) is 3.37. The van der Waals surface area contributed by atoms with Crippen LogP contribution in [-0.4, -0.2) is 39.7 Å². The van der Waals surface area contributed by atoms with Crippen LogP contribution in [0.1, 0.15) is 82.9 Å². The van der Waals surface area contributed by atoms with Crippen LogP contribution in [0.2, 0.25) is 0 Å². The number of nitrogens with zero attached hydrogens (tertiary/aromatic N) is 2. The number of hydrogen-bond donors (Lipinski definition) is 2. The number of carbonyl (C=O) groups is 3. The Morgan fingerprint density at radius 2 is 1.88 bits per heavy atom. The molecule has 0 radical (unpaired) electrons. The van der Waals surface area contributed by atoms with Gasteiger partial charge in [0.15, 0.2) is 5.16 Å². The fraction of sp³-hybridized carbons (Fsp3) is 0.545. The molecule has 0 bridgehead atoms. The number of primary amides is 1. The number of imidazole rings is 1. The monoisotopic (exact) mass is 462 g/mol. The van der Waals surface area contributed by atoms with Crippen LogP contribution in [0.5, 0.6) is 0 Å². The minimum Gasteiger partial charge on any atom is -0.462 e. The number of nitrogens with two attached hydrogens (primary N) is 1. The van der Waals surface area contributed by atoms with Gasteiger partial charge in [0.2, 0.25) is 11.8 Å². The van der Waals surface area contributed by atoms with Gasteiger partial charge in [-0.2, -0.15) is 0 Å². The van der Waals surface area contributed by atoms with E-state index in [0.29, 0.717) is 6.04 Å². The van der Waals surface area contributed by atoms with Crippen molar-refractivity contribution in [2.75, 3.05) is 17.7 Å². The highest BCUT2D eigenvalue weighted by atomic mass is 32.2. The number of anilines is 1. The lowest BCUT2D eigenvalue weighted by Gasteiger charge is -2.26. The number of ether oxygens (including phenoxy) is 1. The minimum atomic E-state index is -0.882. The first-order valence-electron chi connectivity index (χ1n) is 10.8. The zero-order valence-corrected chi connectivity index (χ0v) is 19.8. The number of rotatable bonds is 8. The van der Waals surface area contributed by atoms with Crippen LogP contribution in [0.25, 0.3) is 0 Å². The second kappa shape index (κ2) is 10.2. The molecule has 0 atom stereocenters. The highest BCUT2D eigenvalue weighted by Gasteiger charge is 2.29. The molecular formula is C22H30N4O5S. The Balaban J connectivity index is 1.75. The van der Waals surface area contributed by atoms with Crippen LogP contribution in [-0.2, 0) is 9.53 Å². The molecule has 1 aliphatic carbocycles. The normalized spacial score (nSPS) is 14.4. The summed E-state index contributed by atoms with van der Waals surface area (Å²) in [4.78, 5) is 41.5. The summed E-state index contributed by atoms with van der Waals surface area (Å²) < 4.78 is 12.7. The lowest BCUT2D eigenvalue weighted by atomic mass is 9.95. The fourth-order valence-electron chi connectivity index (χ4n) is 4.08. The smallest absolute Gasteiger partial charge is 0.342 e. The molecule has 1 saturated carbocycles. The second-order valence-corrected chi connectivity index (χ2v) is 8.83. The van der Waals surface area contributed by atoms with Gasteiger partial charge in [-0.1, -0.05) is 31.0 Å². The molecule has 0 saturated heterocycles. The number of esters is 1. The lowest BCUT2D eigenvalue weighted by molar-refractivity contribution is -0.113. The second-order valence-electron chi connectivity index (χ2n) is 7.89. The van der Waals surface area contributed by atoms with Gasteiger partial charge in [0.05, 0.1) is 18.1 Å². The van der Waals surface area contributed by atoms with Gasteiger partial charge in [-0.3, -0.25) is 14.9 Å². The van der Waals surface area contributed by atoms with E-state index in [0.717, 1.165) is 29.4 Å². The molecule has 0 aromatic carbocycles. The average molecular weight is 463 g/mol. The third-order valence-corrected chi connectivity index (χ3v) is 6.64. The van der Waals surface area contributed by atoms with Crippen molar-refractivity contribution in [2.45, 2.75) is 71.0 Å². The number of furan rings is 1. The van der Waals surface area contributed by atoms with E-state index in [2.05, 4.69) is 21.8 Å². The Labute approximate surface area is 191 Å². The van der Waals surface area contributed by atoms with E-state index < -0.39 is 17.8 Å². The molecule has 2 aromatic heterocycles. The van der Waals surface area contributed by atoms with Crippen molar-refractivity contribution < 1.29 is 23.5 Å². The zero-order chi connectivity index (χ0) is 23.4. The van der Waals surface area contributed by atoms with Crippen molar-refractivity contribution >= 4 is 35.4 Å². The first kappa shape index (κ1) is 23.9. The maximum Gasteiger partial charge on any atom is 0.342 e. The van der Waals surface area contributed by atoms with E-state index in [4.69, 9.17) is 14.9 Å². The molecule has 2 amide bonds. The zero-order valence-electron chi connectivity index (χ0n) is 18.9. The number of amides is 2. The molecule has 10 heteroatoms. The summed E-state index contributed by atoms with van der Waals surface area (Å²) >= 11 is 1.33. The van der Waals surface area contributed by atoms with Gasteiger partial charge in [-0.15, -0.1) is 0 Å². The maximum absolute atomic E-state index is 12.7. The van der Waals surface area contributed by atoms with Gasteiger partial charge in [-0.25, -0.2) is 9.78 Å². The first-order valence-corrected chi connectivity index (χ1v) is 11.8. The van der Waals surface area contributed by atoms with Crippen LogP contribution in [0.4, 0.5) is 5.88 Å².